The van der Waals surface area contributed by atoms with Crippen LogP contribution in [0.25, 0.3) is 0 Å². The molecule has 6 heteroatoms. The molecule has 0 aliphatic carbocycles. The third kappa shape index (κ3) is 1.64. The van der Waals surface area contributed by atoms with Crippen LogP contribution >= 0.6 is 0 Å². The molecule has 0 spiro atoms. The van der Waals surface area contributed by atoms with Crippen molar-refractivity contribution in [2.45, 2.75) is 19.4 Å². The van der Waals surface area contributed by atoms with Crippen molar-refractivity contribution in [3.8, 4) is 0 Å². The van der Waals surface area contributed by atoms with Crippen molar-refractivity contribution in [3.05, 3.63) is 35.4 Å². The number of nitrogens with zero attached hydrogens (tertiary/aromatic N) is 1. The maximum absolute atomic E-state index is 13.2. The Hall–Kier alpha value is -1.98. The van der Waals surface area contributed by atoms with Crippen molar-refractivity contribution in [1.82, 2.24) is 10.2 Å². The smallest absolute Gasteiger partial charge is 0.319 e. The van der Waals surface area contributed by atoms with Crippen LogP contribution in [0.1, 0.15) is 19.4 Å². The fourth-order valence-electron chi connectivity index (χ4n) is 1.99. The normalized spacial score (nSPS) is 23.4. The van der Waals surface area contributed by atoms with Crippen molar-refractivity contribution in [1.29, 1.82) is 0 Å². The first-order valence-electron chi connectivity index (χ1n) is 5.49. The third-order valence-electron chi connectivity index (χ3n) is 3.09. The lowest BCUT2D eigenvalue weighted by Crippen LogP contribution is -2.41. The van der Waals surface area contributed by atoms with Crippen LogP contribution in [-0.4, -0.2) is 23.4 Å². The first kappa shape index (κ1) is 12.5. The fourth-order valence-corrected chi connectivity index (χ4v) is 1.99. The van der Waals surface area contributed by atoms with Gasteiger partial charge in [-0.05, 0) is 31.5 Å². The number of urea groups is 1. The summed E-state index contributed by atoms with van der Waals surface area (Å²) in [6, 6.07) is 2.61. The molecule has 1 unspecified atom stereocenters. The van der Waals surface area contributed by atoms with Gasteiger partial charge in [0.25, 0.3) is 5.91 Å². The average molecular weight is 254 g/mol. The number of imide groups is 1. The van der Waals surface area contributed by atoms with Crippen LogP contribution in [0.4, 0.5) is 13.6 Å². The summed E-state index contributed by atoms with van der Waals surface area (Å²) >= 11 is 0. The van der Waals surface area contributed by atoms with E-state index in [1.807, 2.05) is 0 Å². The van der Waals surface area contributed by atoms with E-state index in [4.69, 9.17) is 0 Å². The molecule has 0 aromatic heterocycles. The van der Waals surface area contributed by atoms with E-state index in [-0.39, 0.29) is 12.1 Å². The highest BCUT2D eigenvalue weighted by Crippen LogP contribution is 2.29. The minimum Gasteiger partial charge on any atom is -0.319 e. The van der Waals surface area contributed by atoms with Gasteiger partial charge in [0.05, 0.1) is 0 Å². The maximum Gasteiger partial charge on any atom is 0.325 e. The third-order valence-corrected chi connectivity index (χ3v) is 3.09. The first-order chi connectivity index (χ1) is 8.40. The summed E-state index contributed by atoms with van der Waals surface area (Å²) in [4.78, 5) is 24.7. The highest BCUT2D eigenvalue weighted by atomic mass is 19.2. The Labute approximate surface area is 103 Å². The van der Waals surface area contributed by atoms with Gasteiger partial charge in [0.2, 0.25) is 0 Å². The molecule has 1 saturated heterocycles. The van der Waals surface area contributed by atoms with Crippen molar-refractivity contribution >= 4 is 11.9 Å². The molecular formula is C12H12F2N2O2. The molecule has 1 aromatic rings. The van der Waals surface area contributed by atoms with E-state index in [1.54, 1.807) is 6.92 Å². The van der Waals surface area contributed by atoms with Crippen LogP contribution < -0.4 is 5.32 Å². The summed E-state index contributed by atoms with van der Waals surface area (Å²) in [7, 11) is 0. The SMILES string of the molecule is CCN1C(=O)NC(C)(c2ccc(F)c(F)c2)C1=O. The van der Waals surface area contributed by atoms with Crippen molar-refractivity contribution in [2.24, 2.45) is 0 Å². The van der Waals surface area contributed by atoms with E-state index < -0.39 is 29.1 Å². The second-order valence-corrected chi connectivity index (χ2v) is 4.23. The Balaban J connectivity index is 2.46. The predicted molar refractivity (Wildman–Crippen MR) is 59.6 cm³/mol. The van der Waals surface area contributed by atoms with Gasteiger partial charge >= 0.3 is 6.03 Å². The van der Waals surface area contributed by atoms with E-state index in [9.17, 15) is 18.4 Å². The van der Waals surface area contributed by atoms with Gasteiger partial charge in [-0.1, -0.05) is 6.07 Å². The molecule has 96 valence electrons. The lowest BCUT2D eigenvalue weighted by Gasteiger charge is -2.22. The van der Waals surface area contributed by atoms with Crippen molar-refractivity contribution in [2.75, 3.05) is 6.54 Å². The number of likely N-dealkylation sites (N-methyl/N-ethyl adjacent to an activating group) is 1. The number of benzene rings is 1. The Bertz CT molecular complexity index is 533. The minimum absolute atomic E-state index is 0.218. The van der Waals surface area contributed by atoms with E-state index in [2.05, 4.69) is 5.32 Å². The number of amides is 3. The zero-order valence-corrected chi connectivity index (χ0v) is 9.96. The quantitative estimate of drug-likeness (QED) is 0.817. The molecule has 0 radical (unpaired) electrons. The molecule has 0 bridgehead atoms. The van der Waals surface area contributed by atoms with Crippen molar-refractivity contribution in [3.63, 3.8) is 0 Å². The first-order valence-corrected chi connectivity index (χ1v) is 5.49. The molecule has 3 amide bonds. The molecule has 18 heavy (non-hydrogen) atoms. The van der Waals surface area contributed by atoms with Crippen molar-refractivity contribution < 1.29 is 18.4 Å². The number of carbonyl (C=O) groups is 2. The van der Waals surface area contributed by atoms with Gasteiger partial charge in [0.1, 0.15) is 5.54 Å². The van der Waals surface area contributed by atoms with Crippen LogP contribution in [0.15, 0.2) is 18.2 Å². The Morgan fingerprint density at radius 3 is 2.44 bits per heavy atom. The van der Waals surface area contributed by atoms with Gasteiger partial charge in [0.15, 0.2) is 11.6 Å². The summed E-state index contributed by atoms with van der Waals surface area (Å²) < 4.78 is 26.1. The standard InChI is InChI=1S/C12H12F2N2O2/c1-3-16-10(17)12(2,15-11(16)18)7-4-5-8(13)9(14)6-7/h4-6H,3H2,1-2H3,(H,15,18). The summed E-state index contributed by atoms with van der Waals surface area (Å²) in [6.07, 6.45) is 0. The molecule has 1 aromatic carbocycles. The number of carbonyl (C=O) groups excluding carboxylic acids is 2. The lowest BCUT2D eigenvalue weighted by molar-refractivity contribution is -0.130. The number of rotatable bonds is 2. The van der Waals surface area contributed by atoms with Gasteiger partial charge in [-0.15, -0.1) is 0 Å². The van der Waals surface area contributed by atoms with Gasteiger partial charge < -0.3 is 5.32 Å². The summed E-state index contributed by atoms with van der Waals surface area (Å²) in [5.41, 5.74) is -1.13. The van der Waals surface area contributed by atoms with E-state index in [0.29, 0.717) is 0 Å². The van der Waals surface area contributed by atoms with Crippen LogP contribution in [0.3, 0.4) is 0 Å². The monoisotopic (exact) mass is 254 g/mol. The molecule has 2 rings (SSSR count). The van der Waals surface area contributed by atoms with Crippen LogP contribution in [0, 0.1) is 11.6 Å². The number of hydrogen-bond donors (Lipinski definition) is 1. The number of halogens is 2. The fraction of sp³-hybridized carbons (Fsp3) is 0.333. The van der Waals surface area contributed by atoms with E-state index >= 15 is 0 Å². The van der Waals surface area contributed by atoms with Crippen LogP contribution in [0.5, 0.6) is 0 Å². The highest BCUT2D eigenvalue weighted by molar-refractivity contribution is 6.07. The number of nitrogens with one attached hydrogen (secondary N) is 1. The molecule has 1 atom stereocenters. The minimum atomic E-state index is -1.35. The second-order valence-electron chi connectivity index (χ2n) is 4.23. The predicted octanol–water partition coefficient (Wildman–Crippen LogP) is 1.75. The second kappa shape index (κ2) is 4.04. The van der Waals surface area contributed by atoms with Gasteiger partial charge in [-0.2, -0.15) is 0 Å². The molecule has 1 aliphatic heterocycles. The molecule has 1 heterocycles. The Morgan fingerprint density at radius 2 is 1.94 bits per heavy atom. The summed E-state index contributed by atoms with van der Waals surface area (Å²) in [6.45, 7) is 3.36. The average Bonchev–Trinajstić information content (AvgIpc) is 2.54. The number of hydrogen-bond acceptors (Lipinski definition) is 2. The van der Waals surface area contributed by atoms with Crippen LogP contribution in [0.2, 0.25) is 0 Å². The summed E-state index contributed by atoms with van der Waals surface area (Å²) in [5.74, 6) is -2.52. The topological polar surface area (TPSA) is 49.4 Å². The zero-order chi connectivity index (χ0) is 13.5. The van der Waals surface area contributed by atoms with Gasteiger partial charge in [-0.25, -0.2) is 13.6 Å². The molecule has 4 nitrogen and oxygen atoms in total. The molecule has 0 saturated carbocycles. The highest BCUT2D eigenvalue weighted by Gasteiger charge is 2.48. The van der Waals surface area contributed by atoms with Crippen LogP contribution in [-0.2, 0) is 10.3 Å². The van der Waals surface area contributed by atoms with E-state index in [0.717, 1.165) is 17.0 Å². The zero-order valence-electron chi connectivity index (χ0n) is 9.96. The van der Waals surface area contributed by atoms with Gasteiger partial charge in [-0.3, -0.25) is 9.69 Å². The molecule has 1 fully saturated rings. The largest absolute Gasteiger partial charge is 0.325 e. The Kier molecular flexibility index (Phi) is 2.80. The maximum atomic E-state index is 13.2. The molecule has 1 N–H and O–H groups in total. The Morgan fingerprint density at radius 1 is 1.28 bits per heavy atom. The van der Waals surface area contributed by atoms with Gasteiger partial charge in [0, 0.05) is 6.54 Å². The summed E-state index contributed by atoms with van der Waals surface area (Å²) in [5, 5.41) is 2.49. The lowest BCUT2D eigenvalue weighted by atomic mass is 9.92. The molecular weight excluding hydrogens is 242 g/mol. The molecule has 1 aliphatic rings. The van der Waals surface area contributed by atoms with E-state index in [1.165, 1.54) is 13.0 Å².